The molecule has 18 heavy (non-hydrogen) atoms. The lowest BCUT2D eigenvalue weighted by atomic mass is 10.2. The van der Waals surface area contributed by atoms with Crippen molar-refractivity contribution in [1.82, 2.24) is 0 Å². The number of hydrogen-bond acceptors (Lipinski definition) is 5. The minimum Gasteiger partial charge on any atom is -0.311 e. The highest BCUT2D eigenvalue weighted by Crippen LogP contribution is 2.34. The third-order valence-electron chi connectivity index (χ3n) is 2.66. The van der Waals surface area contributed by atoms with Gasteiger partial charge < -0.3 is 4.90 Å². The van der Waals surface area contributed by atoms with Gasteiger partial charge in [0.1, 0.15) is 0 Å². The first kappa shape index (κ1) is 12.0. The minimum absolute atomic E-state index is 0.0101. The van der Waals surface area contributed by atoms with Crippen LogP contribution in [0.4, 0.5) is 17.1 Å². The number of hydrogen-bond donors (Lipinski definition) is 0. The first-order valence-corrected chi connectivity index (χ1v) is 5.20. The van der Waals surface area contributed by atoms with E-state index >= 15 is 0 Å². The molecule has 0 N–H and O–H groups in total. The van der Waals surface area contributed by atoms with E-state index in [4.69, 9.17) is 0 Å². The highest BCUT2D eigenvalue weighted by molar-refractivity contribution is 5.79. The Hall–Kier alpha value is -2.51. The van der Waals surface area contributed by atoms with Gasteiger partial charge in [-0.2, -0.15) is 0 Å². The Bertz CT molecular complexity index is 494. The molecule has 0 aromatic heterocycles. The van der Waals surface area contributed by atoms with Gasteiger partial charge in [0.25, 0.3) is 11.4 Å². The van der Waals surface area contributed by atoms with Crippen LogP contribution in [-0.4, -0.2) is 22.3 Å². The van der Waals surface area contributed by atoms with E-state index in [1.54, 1.807) is 0 Å². The molecule has 0 atom stereocenters. The lowest BCUT2D eigenvalue weighted by Crippen LogP contribution is -2.23. The van der Waals surface area contributed by atoms with E-state index in [0.717, 1.165) is 18.9 Å². The van der Waals surface area contributed by atoms with Gasteiger partial charge in [-0.15, -0.1) is 0 Å². The maximum absolute atomic E-state index is 10.9. The standard InChI is InChI=1S/C10H9N3O5/c14-6-11(7-1-2-7)8-3-9(12(15)16)5-10(4-8)13(17)18/h3-7H,1-2H2. The predicted octanol–water partition coefficient (Wildman–Crippen LogP) is 1.63. The fourth-order valence-electron chi connectivity index (χ4n) is 1.65. The summed E-state index contributed by atoms with van der Waals surface area (Å²) in [6, 6.07) is 3.20. The number of nitro groups is 2. The average molecular weight is 251 g/mol. The molecule has 1 amide bonds. The first-order chi connectivity index (χ1) is 8.52. The zero-order chi connectivity index (χ0) is 13.3. The van der Waals surface area contributed by atoms with Crippen molar-refractivity contribution in [2.24, 2.45) is 0 Å². The van der Waals surface area contributed by atoms with Crippen molar-refractivity contribution in [2.45, 2.75) is 18.9 Å². The number of nitro benzene ring substituents is 2. The molecule has 1 aromatic rings. The van der Waals surface area contributed by atoms with Gasteiger partial charge in [-0.3, -0.25) is 25.0 Å². The summed E-state index contributed by atoms with van der Waals surface area (Å²) in [5, 5.41) is 21.4. The molecule has 0 spiro atoms. The van der Waals surface area contributed by atoms with Crippen LogP contribution in [0, 0.1) is 20.2 Å². The molecule has 1 aliphatic carbocycles. The second kappa shape index (κ2) is 4.40. The third-order valence-corrected chi connectivity index (χ3v) is 2.66. The molecule has 0 aliphatic heterocycles. The van der Waals surface area contributed by atoms with Crippen LogP contribution < -0.4 is 4.90 Å². The summed E-state index contributed by atoms with van der Waals surface area (Å²) in [7, 11) is 0. The lowest BCUT2D eigenvalue weighted by molar-refractivity contribution is -0.394. The Labute approximate surface area is 101 Å². The number of benzene rings is 1. The Balaban J connectivity index is 2.47. The Morgan fingerprint density at radius 1 is 1.11 bits per heavy atom. The lowest BCUT2D eigenvalue weighted by Gasteiger charge is -2.15. The zero-order valence-corrected chi connectivity index (χ0v) is 9.18. The van der Waals surface area contributed by atoms with Crippen molar-refractivity contribution in [3.05, 3.63) is 38.4 Å². The van der Waals surface area contributed by atoms with Gasteiger partial charge >= 0.3 is 0 Å². The molecule has 1 aliphatic rings. The quantitative estimate of drug-likeness (QED) is 0.449. The minimum atomic E-state index is -0.716. The summed E-state index contributed by atoms with van der Waals surface area (Å²) in [5.41, 5.74) is -0.605. The molecule has 8 nitrogen and oxygen atoms in total. The van der Waals surface area contributed by atoms with Gasteiger partial charge in [0.15, 0.2) is 0 Å². The number of non-ortho nitro benzene ring substituents is 2. The predicted molar refractivity (Wildman–Crippen MR) is 61.3 cm³/mol. The van der Waals surface area contributed by atoms with E-state index < -0.39 is 21.2 Å². The molecule has 1 saturated carbocycles. The molecule has 0 unspecified atom stereocenters. The smallest absolute Gasteiger partial charge is 0.278 e. The molecular formula is C10H9N3O5. The van der Waals surface area contributed by atoms with Gasteiger partial charge in [-0.05, 0) is 12.8 Å². The van der Waals surface area contributed by atoms with E-state index in [-0.39, 0.29) is 11.7 Å². The number of carbonyl (C=O) groups excluding carboxylic acids is 1. The van der Waals surface area contributed by atoms with Gasteiger partial charge in [0, 0.05) is 18.2 Å². The topological polar surface area (TPSA) is 107 Å². The maximum Gasteiger partial charge on any atom is 0.278 e. The molecule has 0 saturated heterocycles. The van der Waals surface area contributed by atoms with E-state index in [2.05, 4.69) is 0 Å². The van der Waals surface area contributed by atoms with Gasteiger partial charge in [-0.25, -0.2) is 0 Å². The van der Waals surface area contributed by atoms with Gasteiger partial charge in [0.2, 0.25) is 6.41 Å². The van der Waals surface area contributed by atoms with E-state index in [1.807, 2.05) is 0 Å². The van der Waals surface area contributed by atoms with Crippen LogP contribution >= 0.6 is 0 Å². The summed E-state index contributed by atoms with van der Waals surface area (Å²) in [5.74, 6) is 0. The van der Waals surface area contributed by atoms with Crippen LogP contribution in [0.1, 0.15) is 12.8 Å². The second-order valence-electron chi connectivity index (χ2n) is 3.97. The van der Waals surface area contributed by atoms with Gasteiger partial charge in [-0.1, -0.05) is 0 Å². The maximum atomic E-state index is 10.9. The fourth-order valence-corrected chi connectivity index (χ4v) is 1.65. The Morgan fingerprint density at radius 2 is 1.61 bits per heavy atom. The third kappa shape index (κ3) is 2.26. The van der Waals surface area contributed by atoms with Gasteiger partial charge in [0.05, 0.1) is 21.6 Å². The summed E-state index contributed by atoms with van der Waals surface area (Å²) >= 11 is 0. The average Bonchev–Trinajstić information content (AvgIpc) is 3.14. The fraction of sp³-hybridized carbons (Fsp3) is 0.300. The first-order valence-electron chi connectivity index (χ1n) is 5.20. The molecule has 1 fully saturated rings. The normalized spacial score (nSPS) is 14.0. The highest BCUT2D eigenvalue weighted by Gasteiger charge is 2.31. The van der Waals surface area contributed by atoms with Crippen LogP contribution in [0.3, 0.4) is 0 Å². The summed E-state index contributed by atoms with van der Waals surface area (Å²) in [4.78, 5) is 32.2. The largest absolute Gasteiger partial charge is 0.311 e. The second-order valence-corrected chi connectivity index (χ2v) is 3.97. The summed E-state index contributed by atoms with van der Waals surface area (Å²) in [6.45, 7) is 0. The van der Waals surface area contributed by atoms with Crippen LogP contribution in [0.2, 0.25) is 0 Å². The highest BCUT2D eigenvalue weighted by atomic mass is 16.6. The van der Waals surface area contributed by atoms with Crippen molar-refractivity contribution < 1.29 is 14.6 Å². The molecule has 0 bridgehead atoms. The number of carbonyl (C=O) groups is 1. The SMILES string of the molecule is O=CN(c1cc([N+](=O)[O-])cc([N+](=O)[O-])c1)C1CC1. The molecule has 94 valence electrons. The summed E-state index contributed by atoms with van der Waals surface area (Å²) in [6.07, 6.45) is 2.14. The Morgan fingerprint density at radius 3 is 1.94 bits per heavy atom. The van der Waals surface area contributed by atoms with Crippen molar-refractivity contribution in [1.29, 1.82) is 0 Å². The van der Waals surface area contributed by atoms with Crippen molar-refractivity contribution in [2.75, 3.05) is 4.90 Å². The molecule has 1 aromatic carbocycles. The van der Waals surface area contributed by atoms with Crippen LogP contribution in [0.25, 0.3) is 0 Å². The monoisotopic (exact) mass is 251 g/mol. The molecule has 0 radical (unpaired) electrons. The van der Waals surface area contributed by atoms with E-state index in [9.17, 15) is 25.0 Å². The van der Waals surface area contributed by atoms with Crippen LogP contribution in [-0.2, 0) is 4.79 Å². The van der Waals surface area contributed by atoms with Crippen LogP contribution in [0.15, 0.2) is 18.2 Å². The molecule has 0 heterocycles. The van der Waals surface area contributed by atoms with Crippen molar-refractivity contribution in [3.63, 3.8) is 0 Å². The number of nitrogens with zero attached hydrogens (tertiary/aromatic N) is 3. The molecule has 8 heteroatoms. The zero-order valence-electron chi connectivity index (χ0n) is 9.18. The Kier molecular flexibility index (Phi) is 2.92. The number of amides is 1. The molecule has 2 rings (SSSR count). The summed E-state index contributed by atoms with van der Waals surface area (Å²) < 4.78 is 0. The van der Waals surface area contributed by atoms with Crippen LogP contribution in [0.5, 0.6) is 0 Å². The van der Waals surface area contributed by atoms with Crippen molar-refractivity contribution >= 4 is 23.5 Å². The van der Waals surface area contributed by atoms with Crippen molar-refractivity contribution in [3.8, 4) is 0 Å². The number of anilines is 1. The van der Waals surface area contributed by atoms with E-state index in [0.29, 0.717) is 6.41 Å². The number of rotatable bonds is 5. The van der Waals surface area contributed by atoms with E-state index in [1.165, 1.54) is 17.0 Å². The molecular weight excluding hydrogens is 242 g/mol.